The normalized spacial score (nSPS) is 17.9. The number of rotatable bonds is 4. The molecule has 0 radical (unpaired) electrons. The molecule has 6 heteroatoms. The van der Waals surface area contributed by atoms with E-state index < -0.39 is 5.63 Å². The van der Waals surface area contributed by atoms with Gasteiger partial charge in [0.05, 0.1) is 12.7 Å². The zero-order valence-corrected chi connectivity index (χ0v) is 13.9. The average Bonchev–Trinajstić information content (AvgIpc) is 2.59. The van der Waals surface area contributed by atoms with Gasteiger partial charge in [0.2, 0.25) is 0 Å². The molecule has 1 atom stereocenters. The minimum Gasteiger partial charge on any atom is -0.484 e. The van der Waals surface area contributed by atoms with Crippen molar-refractivity contribution in [2.45, 2.75) is 26.4 Å². The van der Waals surface area contributed by atoms with E-state index in [0.717, 1.165) is 17.4 Å². The van der Waals surface area contributed by atoms with Gasteiger partial charge in [-0.05, 0) is 31.0 Å². The molecule has 1 aromatic carbocycles. The number of carbonyl (C=O) groups excluding carboxylic acids is 1. The third-order valence-electron chi connectivity index (χ3n) is 4.23. The van der Waals surface area contributed by atoms with Gasteiger partial charge in [-0.25, -0.2) is 4.79 Å². The van der Waals surface area contributed by atoms with Crippen molar-refractivity contribution in [2.75, 3.05) is 26.3 Å². The Morgan fingerprint density at radius 2 is 2.21 bits per heavy atom. The van der Waals surface area contributed by atoms with Crippen LogP contribution in [0.1, 0.15) is 18.9 Å². The summed E-state index contributed by atoms with van der Waals surface area (Å²) in [5.41, 5.74) is 0.914. The summed E-state index contributed by atoms with van der Waals surface area (Å²) in [4.78, 5) is 25.5. The topological polar surface area (TPSA) is 69.0 Å². The number of ether oxygens (including phenoxy) is 2. The van der Waals surface area contributed by atoms with Gasteiger partial charge in [0.15, 0.2) is 6.61 Å². The number of morpholine rings is 1. The highest BCUT2D eigenvalue weighted by Gasteiger charge is 2.23. The second kappa shape index (κ2) is 7.05. The van der Waals surface area contributed by atoms with E-state index in [1.165, 1.54) is 6.07 Å². The van der Waals surface area contributed by atoms with Gasteiger partial charge in [-0.3, -0.25) is 4.79 Å². The number of hydrogen-bond acceptors (Lipinski definition) is 5. The predicted molar refractivity (Wildman–Crippen MR) is 89.3 cm³/mol. The lowest BCUT2D eigenvalue weighted by molar-refractivity contribution is -0.141. The summed E-state index contributed by atoms with van der Waals surface area (Å²) in [7, 11) is 0. The van der Waals surface area contributed by atoms with Crippen LogP contribution in [0.5, 0.6) is 5.75 Å². The molecule has 0 N–H and O–H groups in total. The van der Waals surface area contributed by atoms with Crippen LogP contribution in [0.4, 0.5) is 0 Å². The van der Waals surface area contributed by atoms with Gasteiger partial charge in [0.25, 0.3) is 5.91 Å². The zero-order chi connectivity index (χ0) is 17.1. The van der Waals surface area contributed by atoms with Crippen LogP contribution < -0.4 is 10.4 Å². The predicted octanol–water partition coefficient (Wildman–Crippen LogP) is 2.12. The fourth-order valence-electron chi connectivity index (χ4n) is 2.82. The fraction of sp³-hybridized carbons (Fsp3) is 0.444. The number of hydrogen-bond donors (Lipinski definition) is 0. The molecule has 128 valence electrons. The molecule has 6 nitrogen and oxygen atoms in total. The van der Waals surface area contributed by atoms with Crippen LogP contribution in [-0.2, 0) is 9.53 Å². The maximum atomic E-state index is 12.3. The fourth-order valence-corrected chi connectivity index (χ4v) is 2.82. The first-order valence-electron chi connectivity index (χ1n) is 8.13. The summed E-state index contributed by atoms with van der Waals surface area (Å²) in [5, 5.41) is 0.854. The Hall–Kier alpha value is -2.34. The second-order valence-electron chi connectivity index (χ2n) is 5.94. The van der Waals surface area contributed by atoms with Crippen LogP contribution in [-0.4, -0.2) is 43.2 Å². The van der Waals surface area contributed by atoms with Crippen LogP contribution in [0.25, 0.3) is 11.0 Å². The lowest BCUT2D eigenvalue weighted by Crippen LogP contribution is -2.47. The first-order chi connectivity index (χ1) is 11.6. The number of benzene rings is 1. The third kappa shape index (κ3) is 3.59. The molecule has 1 fully saturated rings. The standard InChI is InChI=1S/C18H21NO5/c1-3-13-10-19(6-7-22-13)17(20)11-23-14-4-5-15-12(2)8-18(21)24-16(15)9-14/h4-5,8-9,13H,3,6-7,10-11H2,1-2H3. The molecule has 0 spiro atoms. The zero-order valence-electron chi connectivity index (χ0n) is 13.9. The summed E-state index contributed by atoms with van der Waals surface area (Å²) in [5.74, 6) is 0.437. The minimum atomic E-state index is -0.396. The molecule has 1 unspecified atom stereocenters. The molecular weight excluding hydrogens is 310 g/mol. The van der Waals surface area contributed by atoms with Crippen molar-refractivity contribution in [3.63, 3.8) is 0 Å². The van der Waals surface area contributed by atoms with Gasteiger partial charge in [-0.2, -0.15) is 0 Å². The molecule has 2 aromatic rings. The summed E-state index contributed by atoms with van der Waals surface area (Å²) in [6.45, 7) is 5.60. The van der Waals surface area contributed by atoms with Gasteiger partial charge in [0, 0.05) is 30.6 Å². The largest absolute Gasteiger partial charge is 0.484 e. The minimum absolute atomic E-state index is 0.0437. The number of fused-ring (bicyclic) bond motifs is 1. The Balaban J connectivity index is 1.67. The van der Waals surface area contributed by atoms with Crippen LogP contribution in [0.15, 0.2) is 33.5 Å². The molecule has 1 amide bonds. The summed E-state index contributed by atoms with van der Waals surface area (Å²) in [6, 6.07) is 6.70. The summed E-state index contributed by atoms with van der Waals surface area (Å²) in [6.07, 6.45) is 0.980. The lowest BCUT2D eigenvalue weighted by atomic mass is 10.1. The van der Waals surface area contributed by atoms with Crippen molar-refractivity contribution in [3.05, 3.63) is 40.2 Å². The van der Waals surface area contributed by atoms with Gasteiger partial charge in [-0.1, -0.05) is 6.92 Å². The SMILES string of the molecule is CCC1CN(C(=O)COc2ccc3c(C)cc(=O)oc3c2)CCO1. The van der Waals surface area contributed by atoms with Gasteiger partial charge >= 0.3 is 5.63 Å². The Bertz CT molecular complexity index is 798. The van der Waals surface area contributed by atoms with E-state index in [-0.39, 0.29) is 18.6 Å². The van der Waals surface area contributed by atoms with E-state index in [0.29, 0.717) is 31.0 Å². The summed E-state index contributed by atoms with van der Waals surface area (Å²) < 4.78 is 16.3. The molecule has 1 aromatic heterocycles. The molecule has 0 aliphatic carbocycles. The highest BCUT2D eigenvalue weighted by molar-refractivity contribution is 5.81. The van der Waals surface area contributed by atoms with E-state index in [1.54, 1.807) is 17.0 Å². The van der Waals surface area contributed by atoms with Gasteiger partial charge in [0.1, 0.15) is 11.3 Å². The Kier molecular flexibility index (Phi) is 4.85. The van der Waals surface area contributed by atoms with Crippen LogP contribution >= 0.6 is 0 Å². The molecule has 0 bridgehead atoms. The maximum absolute atomic E-state index is 12.3. The highest BCUT2D eigenvalue weighted by Crippen LogP contribution is 2.22. The Labute approximate surface area is 140 Å². The monoisotopic (exact) mass is 331 g/mol. The Morgan fingerprint density at radius 3 is 3.00 bits per heavy atom. The second-order valence-corrected chi connectivity index (χ2v) is 5.94. The van der Waals surface area contributed by atoms with E-state index in [4.69, 9.17) is 13.9 Å². The van der Waals surface area contributed by atoms with Crippen molar-refractivity contribution in [3.8, 4) is 5.75 Å². The van der Waals surface area contributed by atoms with Crippen molar-refractivity contribution >= 4 is 16.9 Å². The van der Waals surface area contributed by atoms with E-state index in [2.05, 4.69) is 0 Å². The molecule has 1 aliphatic rings. The van der Waals surface area contributed by atoms with Crippen molar-refractivity contribution in [1.29, 1.82) is 0 Å². The molecule has 2 heterocycles. The molecule has 1 aliphatic heterocycles. The summed E-state index contributed by atoms with van der Waals surface area (Å²) >= 11 is 0. The van der Waals surface area contributed by atoms with Crippen LogP contribution in [0, 0.1) is 6.92 Å². The third-order valence-corrected chi connectivity index (χ3v) is 4.23. The lowest BCUT2D eigenvalue weighted by Gasteiger charge is -2.32. The quantitative estimate of drug-likeness (QED) is 0.803. The maximum Gasteiger partial charge on any atom is 0.336 e. The van der Waals surface area contributed by atoms with Crippen molar-refractivity contribution in [1.82, 2.24) is 4.90 Å². The van der Waals surface area contributed by atoms with E-state index >= 15 is 0 Å². The van der Waals surface area contributed by atoms with Gasteiger partial charge in [-0.15, -0.1) is 0 Å². The van der Waals surface area contributed by atoms with Crippen LogP contribution in [0.2, 0.25) is 0 Å². The van der Waals surface area contributed by atoms with Gasteiger partial charge < -0.3 is 18.8 Å². The van der Waals surface area contributed by atoms with Crippen molar-refractivity contribution in [2.24, 2.45) is 0 Å². The van der Waals surface area contributed by atoms with E-state index in [1.807, 2.05) is 19.9 Å². The van der Waals surface area contributed by atoms with E-state index in [9.17, 15) is 9.59 Å². The smallest absolute Gasteiger partial charge is 0.336 e. The molecule has 24 heavy (non-hydrogen) atoms. The first-order valence-corrected chi connectivity index (χ1v) is 8.13. The average molecular weight is 331 g/mol. The Morgan fingerprint density at radius 1 is 1.38 bits per heavy atom. The van der Waals surface area contributed by atoms with Crippen LogP contribution in [0.3, 0.4) is 0 Å². The molecule has 3 rings (SSSR count). The first kappa shape index (κ1) is 16.5. The molecule has 1 saturated heterocycles. The molecular formula is C18H21NO5. The number of amides is 1. The number of nitrogens with zero attached hydrogens (tertiary/aromatic N) is 1. The molecule has 0 saturated carbocycles. The number of aryl methyl sites for hydroxylation is 1. The van der Waals surface area contributed by atoms with Crippen molar-refractivity contribution < 1.29 is 18.7 Å². The number of carbonyl (C=O) groups is 1. The highest BCUT2D eigenvalue weighted by atomic mass is 16.5.